The van der Waals surface area contributed by atoms with Crippen LogP contribution in [0.3, 0.4) is 0 Å². The van der Waals surface area contributed by atoms with Gasteiger partial charge >= 0.3 is 37.4 Å². The molecule has 0 saturated heterocycles. The predicted molar refractivity (Wildman–Crippen MR) is 18.2 cm³/mol. The Morgan fingerprint density at radius 2 is 1.25 bits per heavy atom. The SMILES string of the molecule is C.[Se]=[Ni]=[Se]. The van der Waals surface area contributed by atoms with Gasteiger partial charge in [-0.15, -0.1) is 0 Å². The molecule has 0 aliphatic carbocycles. The first-order chi connectivity index (χ1) is 1.41. The van der Waals surface area contributed by atoms with Crippen LogP contribution in [0.2, 0.25) is 0 Å². The zero-order valence-corrected chi connectivity index (χ0v) is 5.55. The third-order valence-corrected chi connectivity index (χ3v) is 0. The van der Waals surface area contributed by atoms with E-state index >= 15 is 0 Å². The van der Waals surface area contributed by atoms with E-state index in [0.717, 1.165) is 0 Å². The molecule has 0 unspecified atom stereocenters. The predicted octanol–water partition coefficient (Wildman–Crippen LogP) is -0.128. The van der Waals surface area contributed by atoms with E-state index in [2.05, 4.69) is 27.5 Å². The second kappa shape index (κ2) is 8.82. The summed E-state index contributed by atoms with van der Waals surface area (Å²) in [6.07, 6.45) is 0. The topological polar surface area (TPSA) is 0 Å². The van der Waals surface area contributed by atoms with Gasteiger partial charge in [-0.2, -0.15) is 0 Å². The van der Waals surface area contributed by atoms with Crippen LogP contribution in [-0.2, 0) is 9.81 Å². The summed E-state index contributed by atoms with van der Waals surface area (Å²) in [4.78, 5) is 0. The Bertz CT molecular complexity index is 27.0. The van der Waals surface area contributed by atoms with Crippen molar-refractivity contribution in [3.8, 4) is 0 Å². The molecule has 3 heteroatoms. The summed E-state index contributed by atoms with van der Waals surface area (Å²) in [5.41, 5.74) is 0. The zero-order valence-electron chi connectivity index (χ0n) is 1.13. The third kappa shape index (κ3) is 9.65. The van der Waals surface area contributed by atoms with Gasteiger partial charge in [0.05, 0.1) is 0 Å². The van der Waals surface area contributed by atoms with Gasteiger partial charge in [0.2, 0.25) is 0 Å². The molecule has 0 amide bonds. The molecule has 0 aliphatic rings. The van der Waals surface area contributed by atoms with Crippen molar-refractivity contribution in [1.82, 2.24) is 0 Å². The van der Waals surface area contributed by atoms with Gasteiger partial charge in [0.25, 0.3) is 0 Å². The van der Waals surface area contributed by atoms with Crippen LogP contribution in [0.1, 0.15) is 7.43 Å². The fourth-order valence-corrected chi connectivity index (χ4v) is 0. The third-order valence-electron chi connectivity index (χ3n) is 0. The van der Waals surface area contributed by atoms with Crippen LogP contribution in [0, 0.1) is 0 Å². The first-order valence-corrected chi connectivity index (χ1v) is 5.53. The Kier molecular flexibility index (Phi) is 20.1. The summed E-state index contributed by atoms with van der Waals surface area (Å²) in [6.45, 7) is 0. The van der Waals surface area contributed by atoms with Crippen LogP contribution in [0.5, 0.6) is 0 Å². The van der Waals surface area contributed by atoms with Gasteiger partial charge in [0, 0.05) is 0 Å². The molecule has 0 rings (SSSR count). The van der Waals surface area contributed by atoms with Crippen LogP contribution in [0.15, 0.2) is 0 Å². The van der Waals surface area contributed by atoms with Crippen molar-refractivity contribution in [1.29, 1.82) is 0 Å². The molecule has 0 bridgehead atoms. The van der Waals surface area contributed by atoms with Crippen molar-refractivity contribution in [3.05, 3.63) is 0 Å². The Balaban J connectivity index is 0. The molecule has 0 aliphatic heterocycles. The molecule has 0 N–H and O–H groups in total. The van der Waals surface area contributed by atoms with E-state index in [4.69, 9.17) is 0 Å². The van der Waals surface area contributed by atoms with Crippen LogP contribution in [0.4, 0.5) is 0 Å². The van der Waals surface area contributed by atoms with Crippen molar-refractivity contribution in [2.45, 2.75) is 7.43 Å². The van der Waals surface area contributed by atoms with Gasteiger partial charge in [-0.25, -0.2) is 0 Å². The fourth-order valence-electron chi connectivity index (χ4n) is 0. The molecule has 0 spiro atoms. The monoisotopic (exact) mass is 234 g/mol. The van der Waals surface area contributed by atoms with Crippen molar-refractivity contribution in [2.24, 2.45) is 0 Å². The maximum absolute atomic E-state index is 2.69. The number of hydrogen-bond acceptors (Lipinski definition) is 0. The zero-order chi connectivity index (χ0) is 2.71. The average molecular weight is 233 g/mol. The molecule has 30 valence electrons. The molecule has 0 fully saturated rings. The van der Waals surface area contributed by atoms with E-state index in [1.165, 1.54) is 9.81 Å². The summed E-state index contributed by atoms with van der Waals surface area (Å²) in [6, 6.07) is 0. The van der Waals surface area contributed by atoms with Crippen molar-refractivity contribution in [2.75, 3.05) is 0 Å². The maximum atomic E-state index is 2.69. The van der Waals surface area contributed by atoms with Gasteiger partial charge in [-0.1, -0.05) is 7.43 Å². The number of rotatable bonds is 0. The van der Waals surface area contributed by atoms with E-state index in [1.54, 1.807) is 0 Å². The molecule has 0 atom stereocenters. The minimum absolute atomic E-state index is 0. The van der Waals surface area contributed by atoms with Gasteiger partial charge in [-0.3, -0.25) is 0 Å². The molecular weight excluding hydrogens is 229 g/mol. The molecule has 0 aromatic carbocycles. The van der Waals surface area contributed by atoms with Crippen molar-refractivity contribution >= 4 is 27.5 Å². The Morgan fingerprint density at radius 3 is 1.25 bits per heavy atom. The first-order valence-electron chi connectivity index (χ1n) is 0.258. The molecular formula is CH4NiSe2. The average Bonchev–Trinajstić information content (AvgIpc) is 0.918. The molecule has 0 saturated carbocycles. The Hall–Kier alpha value is 1.53. The Labute approximate surface area is 44.7 Å². The standard InChI is InChI=1S/CH4.Ni.2Se/h1H4;;;. The molecule has 0 aromatic rings. The molecule has 0 heterocycles. The van der Waals surface area contributed by atoms with E-state index in [-0.39, 0.29) is 7.43 Å². The van der Waals surface area contributed by atoms with Crippen molar-refractivity contribution in [3.63, 3.8) is 0 Å². The summed E-state index contributed by atoms with van der Waals surface area (Å²) in [5, 5.41) is 0. The Morgan fingerprint density at radius 1 is 1.25 bits per heavy atom. The van der Waals surface area contributed by atoms with E-state index in [1.807, 2.05) is 0 Å². The quantitative estimate of drug-likeness (QED) is 0.511. The molecule has 4 heavy (non-hydrogen) atoms. The molecule has 0 aromatic heterocycles. The van der Waals surface area contributed by atoms with Gasteiger partial charge in [0.15, 0.2) is 0 Å². The first kappa shape index (κ1) is 9.11. The summed E-state index contributed by atoms with van der Waals surface area (Å²) >= 11 is 5.38. The minimum atomic E-state index is 0. The second-order valence-electron chi connectivity index (χ2n) is 0.0527. The summed E-state index contributed by atoms with van der Waals surface area (Å²) < 4.78 is 0. The van der Waals surface area contributed by atoms with E-state index in [9.17, 15) is 0 Å². The second-order valence-corrected chi connectivity index (χ2v) is 5.87. The summed E-state index contributed by atoms with van der Waals surface area (Å²) in [5.74, 6) is 0. The van der Waals surface area contributed by atoms with Gasteiger partial charge in [0.1, 0.15) is 0 Å². The van der Waals surface area contributed by atoms with Gasteiger partial charge in [-0.05, 0) is 0 Å². The van der Waals surface area contributed by atoms with Crippen LogP contribution >= 0.6 is 0 Å². The number of hydrogen-bond donors (Lipinski definition) is 0. The molecule has 0 radical (unpaired) electrons. The van der Waals surface area contributed by atoms with Crippen LogP contribution in [0.25, 0.3) is 0 Å². The van der Waals surface area contributed by atoms with E-state index < -0.39 is 0 Å². The van der Waals surface area contributed by atoms with Crippen molar-refractivity contribution < 1.29 is 9.81 Å². The summed E-state index contributed by atoms with van der Waals surface area (Å²) in [7, 11) is 1.38. The fraction of sp³-hybridized carbons (Fsp3) is 1.00. The van der Waals surface area contributed by atoms with E-state index in [0.29, 0.717) is 0 Å². The normalized spacial score (nSPS) is 5.00. The molecule has 0 nitrogen and oxygen atoms in total. The van der Waals surface area contributed by atoms with Crippen LogP contribution < -0.4 is 0 Å². The van der Waals surface area contributed by atoms with Crippen LogP contribution in [-0.4, -0.2) is 27.5 Å². The van der Waals surface area contributed by atoms with Gasteiger partial charge < -0.3 is 0 Å².